The maximum Gasteiger partial charge on any atom is 0.228 e. The van der Waals surface area contributed by atoms with E-state index in [0.29, 0.717) is 19.0 Å². The van der Waals surface area contributed by atoms with E-state index in [1.54, 1.807) is 11.8 Å². The van der Waals surface area contributed by atoms with Gasteiger partial charge in [0.05, 0.1) is 13.2 Å². The topological polar surface area (TPSA) is 47.6 Å². The molecular weight excluding hydrogens is 262 g/mol. The zero-order valence-electron chi connectivity index (χ0n) is 11.3. The molecule has 0 aliphatic carbocycles. The highest BCUT2D eigenvalue weighted by molar-refractivity contribution is 7.98. The molecule has 5 heteroatoms. The predicted molar refractivity (Wildman–Crippen MR) is 78.2 cm³/mol. The Morgan fingerprint density at radius 2 is 2.11 bits per heavy atom. The van der Waals surface area contributed by atoms with Crippen molar-refractivity contribution in [1.82, 2.24) is 0 Å². The Hall–Kier alpha value is -1.36. The van der Waals surface area contributed by atoms with E-state index in [2.05, 4.69) is 5.32 Å². The lowest BCUT2D eigenvalue weighted by Gasteiger charge is -2.13. The molecule has 0 radical (unpaired) electrons. The second-order valence-electron chi connectivity index (χ2n) is 4.56. The lowest BCUT2D eigenvalue weighted by molar-refractivity contribution is -0.118. The molecule has 0 bridgehead atoms. The van der Waals surface area contributed by atoms with Gasteiger partial charge in [0.2, 0.25) is 5.91 Å². The van der Waals surface area contributed by atoms with E-state index in [9.17, 15) is 4.79 Å². The van der Waals surface area contributed by atoms with Crippen LogP contribution in [0.15, 0.2) is 18.2 Å². The lowest BCUT2D eigenvalue weighted by atomic mass is 10.2. The number of carbonyl (C=O) groups excluding carboxylic acids is 1. The van der Waals surface area contributed by atoms with E-state index >= 15 is 0 Å². The van der Waals surface area contributed by atoms with Crippen LogP contribution >= 0.6 is 11.8 Å². The van der Waals surface area contributed by atoms with Crippen molar-refractivity contribution < 1.29 is 14.3 Å². The largest absolute Gasteiger partial charge is 0.490 e. The summed E-state index contributed by atoms with van der Waals surface area (Å²) in [4.78, 5) is 11.9. The molecule has 0 fully saturated rings. The van der Waals surface area contributed by atoms with Gasteiger partial charge >= 0.3 is 0 Å². The Bertz CT molecular complexity index is 450. The minimum atomic E-state index is -0.00835. The van der Waals surface area contributed by atoms with Gasteiger partial charge < -0.3 is 14.8 Å². The molecule has 104 valence electrons. The molecule has 1 heterocycles. The highest BCUT2D eigenvalue weighted by atomic mass is 32.2. The van der Waals surface area contributed by atoms with Gasteiger partial charge in [-0.05, 0) is 18.4 Å². The Labute approximate surface area is 117 Å². The minimum absolute atomic E-state index is 0.00835. The fourth-order valence-corrected chi connectivity index (χ4v) is 2.48. The van der Waals surface area contributed by atoms with Crippen molar-refractivity contribution in [2.24, 2.45) is 5.92 Å². The number of fused-ring (bicyclic) bond motifs is 1. The second kappa shape index (κ2) is 6.70. The van der Waals surface area contributed by atoms with Crippen molar-refractivity contribution >= 4 is 23.4 Å². The van der Waals surface area contributed by atoms with Gasteiger partial charge in [0.25, 0.3) is 0 Å². The number of ether oxygens (including phenoxy) is 2. The third-order valence-electron chi connectivity index (χ3n) is 2.88. The first kappa shape index (κ1) is 14.1. The van der Waals surface area contributed by atoms with E-state index in [4.69, 9.17) is 9.47 Å². The summed E-state index contributed by atoms with van der Waals surface area (Å²) in [6.45, 7) is 3.24. The molecule has 0 spiro atoms. The van der Waals surface area contributed by atoms with Crippen LogP contribution in [0.4, 0.5) is 5.69 Å². The smallest absolute Gasteiger partial charge is 0.228 e. The van der Waals surface area contributed by atoms with E-state index in [1.165, 1.54) is 0 Å². The van der Waals surface area contributed by atoms with Crippen LogP contribution in [0, 0.1) is 5.92 Å². The maximum atomic E-state index is 11.9. The van der Waals surface area contributed by atoms with Gasteiger partial charge in [-0.1, -0.05) is 6.92 Å². The number of rotatable bonds is 4. The summed E-state index contributed by atoms with van der Waals surface area (Å²) in [5, 5.41) is 2.91. The number of amides is 1. The Morgan fingerprint density at radius 1 is 1.37 bits per heavy atom. The van der Waals surface area contributed by atoms with Gasteiger partial charge in [-0.3, -0.25) is 4.79 Å². The number of hydrogen-bond acceptors (Lipinski definition) is 4. The number of carbonyl (C=O) groups is 1. The predicted octanol–water partition coefficient (Wildman–Crippen LogP) is 2.79. The fourth-order valence-electron chi connectivity index (χ4n) is 1.83. The number of hydrogen-bond donors (Lipinski definition) is 1. The summed E-state index contributed by atoms with van der Waals surface area (Å²) < 4.78 is 11.2. The summed E-state index contributed by atoms with van der Waals surface area (Å²) in [5.41, 5.74) is 0.752. The van der Waals surface area contributed by atoms with Crippen molar-refractivity contribution in [1.29, 1.82) is 0 Å². The van der Waals surface area contributed by atoms with Gasteiger partial charge in [0, 0.05) is 29.8 Å². The van der Waals surface area contributed by atoms with Crippen LogP contribution in [0.5, 0.6) is 11.5 Å². The molecule has 0 aromatic heterocycles. The summed E-state index contributed by atoms with van der Waals surface area (Å²) in [6, 6.07) is 5.51. The molecule has 4 nitrogen and oxygen atoms in total. The van der Waals surface area contributed by atoms with Crippen LogP contribution in [0.3, 0.4) is 0 Å². The SMILES string of the molecule is CSC[C@@H](C)C(=O)Nc1ccc2c(c1)OCCCO2. The minimum Gasteiger partial charge on any atom is -0.490 e. The maximum absolute atomic E-state index is 11.9. The van der Waals surface area contributed by atoms with Gasteiger partial charge in [-0.15, -0.1) is 0 Å². The molecule has 19 heavy (non-hydrogen) atoms. The van der Waals surface area contributed by atoms with Crippen molar-refractivity contribution in [2.45, 2.75) is 13.3 Å². The summed E-state index contributed by atoms with van der Waals surface area (Å²) in [5.74, 6) is 2.28. The molecule has 0 saturated heterocycles. The molecule has 1 aromatic carbocycles. The number of nitrogens with one attached hydrogen (secondary N) is 1. The molecule has 1 amide bonds. The molecule has 0 unspecified atom stereocenters. The Kier molecular flexibility index (Phi) is 4.96. The van der Waals surface area contributed by atoms with Crippen LogP contribution in [-0.2, 0) is 4.79 Å². The first-order valence-electron chi connectivity index (χ1n) is 6.40. The van der Waals surface area contributed by atoms with Crippen LogP contribution in [-0.4, -0.2) is 31.1 Å². The van der Waals surface area contributed by atoms with Crippen molar-refractivity contribution in [3.63, 3.8) is 0 Å². The van der Waals surface area contributed by atoms with E-state index in [0.717, 1.165) is 23.6 Å². The zero-order chi connectivity index (χ0) is 13.7. The van der Waals surface area contributed by atoms with Gasteiger partial charge in [0.15, 0.2) is 11.5 Å². The third-order valence-corrected chi connectivity index (χ3v) is 3.71. The van der Waals surface area contributed by atoms with E-state index in [1.807, 2.05) is 31.4 Å². The molecule has 1 aliphatic heterocycles. The molecule has 1 N–H and O–H groups in total. The highest BCUT2D eigenvalue weighted by Gasteiger charge is 2.15. The van der Waals surface area contributed by atoms with Crippen molar-refractivity contribution in [2.75, 3.05) is 30.5 Å². The molecule has 0 saturated carbocycles. The quantitative estimate of drug-likeness (QED) is 0.922. The zero-order valence-corrected chi connectivity index (χ0v) is 12.1. The average molecular weight is 281 g/mol. The lowest BCUT2D eigenvalue weighted by Crippen LogP contribution is -2.22. The Balaban J connectivity index is 2.05. The van der Waals surface area contributed by atoms with Gasteiger partial charge in [-0.25, -0.2) is 0 Å². The molecule has 2 rings (SSSR count). The van der Waals surface area contributed by atoms with E-state index in [-0.39, 0.29) is 11.8 Å². The second-order valence-corrected chi connectivity index (χ2v) is 5.47. The third kappa shape index (κ3) is 3.80. The first-order valence-corrected chi connectivity index (χ1v) is 7.79. The molecule has 1 atom stereocenters. The van der Waals surface area contributed by atoms with Crippen LogP contribution in [0.25, 0.3) is 0 Å². The van der Waals surface area contributed by atoms with Gasteiger partial charge in [-0.2, -0.15) is 11.8 Å². The number of benzene rings is 1. The van der Waals surface area contributed by atoms with Crippen LogP contribution in [0.2, 0.25) is 0 Å². The van der Waals surface area contributed by atoms with Gasteiger partial charge in [0.1, 0.15) is 0 Å². The van der Waals surface area contributed by atoms with E-state index < -0.39 is 0 Å². The van der Waals surface area contributed by atoms with Crippen LogP contribution in [0.1, 0.15) is 13.3 Å². The van der Waals surface area contributed by atoms with Crippen LogP contribution < -0.4 is 14.8 Å². The number of anilines is 1. The Morgan fingerprint density at radius 3 is 2.84 bits per heavy atom. The molecule has 1 aliphatic rings. The summed E-state index contributed by atoms with van der Waals surface area (Å²) in [7, 11) is 0. The summed E-state index contributed by atoms with van der Waals surface area (Å²) in [6.07, 6.45) is 2.87. The average Bonchev–Trinajstić information content (AvgIpc) is 2.63. The first-order chi connectivity index (χ1) is 9.20. The molecular formula is C14H19NO3S. The molecule has 1 aromatic rings. The van der Waals surface area contributed by atoms with Crippen molar-refractivity contribution in [3.8, 4) is 11.5 Å². The number of thioether (sulfide) groups is 1. The fraction of sp³-hybridized carbons (Fsp3) is 0.500. The van der Waals surface area contributed by atoms with Crippen molar-refractivity contribution in [3.05, 3.63) is 18.2 Å². The summed E-state index contributed by atoms with van der Waals surface area (Å²) >= 11 is 1.67. The standard InChI is InChI=1S/C14H19NO3S/c1-10(9-19-2)14(16)15-11-4-5-12-13(8-11)18-7-3-6-17-12/h4-5,8,10H,3,6-7,9H2,1-2H3,(H,15,16)/t10-/m1/s1. The monoisotopic (exact) mass is 281 g/mol. The normalized spacial score (nSPS) is 15.5. The highest BCUT2D eigenvalue weighted by Crippen LogP contribution is 2.32.